The quantitative estimate of drug-likeness (QED) is 0.509. The molecule has 4 rings (SSSR count). The molecule has 0 radical (unpaired) electrons. The highest BCUT2D eigenvalue weighted by Gasteiger charge is 2.31. The van der Waals surface area contributed by atoms with E-state index in [4.69, 9.17) is 16.3 Å². The Morgan fingerprint density at radius 1 is 1.26 bits per heavy atom. The van der Waals surface area contributed by atoms with Gasteiger partial charge >= 0.3 is 0 Å². The summed E-state index contributed by atoms with van der Waals surface area (Å²) in [6.45, 7) is 3.02. The Balaban J connectivity index is 1.37. The molecule has 3 aromatic rings. The number of hydrogen-bond donors (Lipinski definition) is 1. The van der Waals surface area contributed by atoms with Crippen molar-refractivity contribution in [1.29, 1.82) is 0 Å². The normalized spacial score (nSPS) is 13.6. The molecule has 1 fully saturated rings. The number of benzene rings is 2. The fraction of sp³-hybridized carbons (Fsp3) is 0.273. The number of halogens is 2. The van der Waals surface area contributed by atoms with Crippen LogP contribution in [0, 0.1) is 5.82 Å². The van der Waals surface area contributed by atoms with Crippen LogP contribution in [0.15, 0.2) is 48.8 Å². The Labute approximate surface area is 184 Å². The van der Waals surface area contributed by atoms with Crippen molar-refractivity contribution in [3.8, 4) is 5.75 Å². The number of ketones is 1. The van der Waals surface area contributed by atoms with Crippen LogP contribution in [0.4, 0.5) is 22.0 Å². The zero-order valence-corrected chi connectivity index (χ0v) is 17.6. The first kappa shape index (κ1) is 21.0. The third-order valence-electron chi connectivity index (χ3n) is 4.80. The molecule has 0 bridgehead atoms. The predicted molar refractivity (Wildman–Crippen MR) is 117 cm³/mol. The minimum Gasteiger partial charge on any atom is -0.484 e. The summed E-state index contributed by atoms with van der Waals surface area (Å²) in [5, 5.41) is 3.44. The number of Topliss-reactive ketones (excluding diaryl/α,β-unsaturated/α-hetero) is 1. The lowest BCUT2D eigenvalue weighted by molar-refractivity contribution is 0.0982. The van der Waals surface area contributed by atoms with Crippen molar-refractivity contribution in [2.75, 3.05) is 23.3 Å². The molecule has 9 heteroatoms. The number of ether oxygens (including phenoxy) is 1. The third-order valence-corrected chi connectivity index (χ3v) is 5.03. The summed E-state index contributed by atoms with van der Waals surface area (Å²) >= 11 is 5.77. The second-order valence-corrected chi connectivity index (χ2v) is 7.64. The molecule has 0 aliphatic carbocycles. The summed E-state index contributed by atoms with van der Waals surface area (Å²) in [4.78, 5) is 26.8. The van der Waals surface area contributed by atoms with Gasteiger partial charge in [0.05, 0.1) is 13.1 Å². The standard InChI is InChI=1S/C22H21ClFN5O2/c1-2-4-19(30)14-5-3-6-16(9-14)27-21-25-13-26-22(28-21)29-11-17(12-29)31-20-8-7-15(23)10-18(20)24/h3,5-10,13,17H,2,4,11-12H2,1H3,(H,25,26,27,28). The molecule has 31 heavy (non-hydrogen) atoms. The molecule has 0 amide bonds. The second kappa shape index (κ2) is 9.26. The van der Waals surface area contributed by atoms with Gasteiger partial charge in [0.1, 0.15) is 12.4 Å². The Bertz CT molecular complexity index is 1090. The summed E-state index contributed by atoms with van der Waals surface area (Å²) < 4.78 is 19.6. The van der Waals surface area contributed by atoms with Crippen molar-refractivity contribution >= 4 is 35.0 Å². The molecule has 160 valence electrons. The van der Waals surface area contributed by atoms with Crippen molar-refractivity contribution in [3.05, 3.63) is 65.2 Å². The number of nitrogens with one attached hydrogen (secondary N) is 1. The SMILES string of the molecule is CCCC(=O)c1cccc(Nc2ncnc(N3CC(Oc4ccc(Cl)cc4F)C3)n2)c1. The Morgan fingerprint density at radius 2 is 2.10 bits per heavy atom. The van der Waals surface area contributed by atoms with E-state index in [-0.39, 0.29) is 17.6 Å². The third kappa shape index (κ3) is 5.08. The van der Waals surface area contributed by atoms with E-state index < -0.39 is 5.82 Å². The summed E-state index contributed by atoms with van der Waals surface area (Å²) in [7, 11) is 0. The van der Waals surface area contributed by atoms with E-state index >= 15 is 0 Å². The van der Waals surface area contributed by atoms with Crippen LogP contribution in [0.25, 0.3) is 0 Å². The molecule has 0 spiro atoms. The molecule has 0 saturated carbocycles. The van der Waals surface area contributed by atoms with Crippen LogP contribution in [0.2, 0.25) is 5.02 Å². The van der Waals surface area contributed by atoms with E-state index in [2.05, 4.69) is 20.3 Å². The van der Waals surface area contributed by atoms with E-state index in [1.54, 1.807) is 18.2 Å². The molecular weight excluding hydrogens is 421 g/mol. The van der Waals surface area contributed by atoms with Crippen LogP contribution in [0.1, 0.15) is 30.1 Å². The van der Waals surface area contributed by atoms with Gasteiger partial charge in [-0.25, -0.2) is 14.4 Å². The molecule has 7 nitrogen and oxygen atoms in total. The highest BCUT2D eigenvalue weighted by atomic mass is 35.5. The molecule has 2 heterocycles. The fourth-order valence-electron chi connectivity index (χ4n) is 3.20. The summed E-state index contributed by atoms with van der Waals surface area (Å²) in [6.07, 6.45) is 2.56. The van der Waals surface area contributed by atoms with Crippen LogP contribution in [0.5, 0.6) is 5.75 Å². The largest absolute Gasteiger partial charge is 0.484 e. The van der Waals surface area contributed by atoms with Gasteiger partial charge in [0.25, 0.3) is 0 Å². The van der Waals surface area contributed by atoms with Crippen LogP contribution in [0.3, 0.4) is 0 Å². The van der Waals surface area contributed by atoms with Crippen LogP contribution < -0.4 is 15.0 Å². The van der Waals surface area contributed by atoms with Gasteiger partial charge in [-0.2, -0.15) is 4.98 Å². The van der Waals surface area contributed by atoms with Gasteiger partial charge in [0.2, 0.25) is 11.9 Å². The van der Waals surface area contributed by atoms with Crippen LogP contribution >= 0.6 is 11.6 Å². The van der Waals surface area contributed by atoms with Crippen molar-refractivity contribution in [3.63, 3.8) is 0 Å². The van der Waals surface area contributed by atoms with Crippen molar-refractivity contribution in [2.45, 2.75) is 25.9 Å². The molecule has 1 aliphatic heterocycles. The molecule has 1 aromatic heterocycles. The smallest absolute Gasteiger partial charge is 0.231 e. The molecule has 0 atom stereocenters. The highest BCUT2D eigenvalue weighted by Crippen LogP contribution is 2.26. The van der Waals surface area contributed by atoms with Crippen LogP contribution in [-0.4, -0.2) is 39.9 Å². The van der Waals surface area contributed by atoms with Crippen molar-refractivity contribution in [2.24, 2.45) is 0 Å². The molecule has 1 N–H and O–H groups in total. The maximum atomic E-state index is 13.9. The van der Waals surface area contributed by atoms with Gasteiger partial charge in [-0.3, -0.25) is 4.79 Å². The van der Waals surface area contributed by atoms with E-state index in [1.807, 2.05) is 24.0 Å². The Kier molecular flexibility index (Phi) is 6.27. The lowest BCUT2D eigenvalue weighted by Crippen LogP contribution is -2.54. The maximum Gasteiger partial charge on any atom is 0.231 e. The number of rotatable bonds is 8. The zero-order chi connectivity index (χ0) is 21.8. The lowest BCUT2D eigenvalue weighted by atomic mass is 10.1. The number of aromatic nitrogens is 3. The number of carbonyl (C=O) groups excluding carboxylic acids is 1. The summed E-state index contributed by atoms with van der Waals surface area (Å²) in [6, 6.07) is 11.6. The van der Waals surface area contributed by atoms with Gasteiger partial charge in [-0.15, -0.1) is 0 Å². The minimum absolute atomic E-state index is 0.103. The van der Waals surface area contributed by atoms with Gasteiger partial charge in [0.15, 0.2) is 17.3 Å². The first-order valence-electron chi connectivity index (χ1n) is 9.98. The number of nitrogens with zero attached hydrogens (tertiary/aromatic N) is 4. The zero-order valence-electron chi connectivity index (χ0n) is 16.9. The number of anilines is 3. The van der Waals surface area contributed by atoms with E-state index in [0.717, 1.165) is 12.1 Å². The van der Waals surface area contributed by atoms with E-state index in [0.29, 0.717) is 42.0 Å². The average molecular weight is 442 g/mol. The predicted octanol–water partition coefficient (Wildman–Crippen LogP) is 4.66. The first-order valence-corrected chi connectivity index (χ1v) is 10.4. The average Bonchev–Trinajstić information content (AvgIpc) is 2.72. The Hall–Kier alpha value is -3.26. The topological polar surface area (TPSA) is 80.2 Å². The molecule has 1 aliphatic rings. The van der Waals surface area contributed by atoms with E-state index in [9.17, 15) is 9.18 Å². The first-order chi connectivity index (χ1) is 15.0. The molecular formula is C22H21ClFN5O2. The molecule has 2 aromatic carbocycles. The maximum absolute atomic E-state index is 13.9. The molecule has 1 saturated heterocycles. The summed E-state index contributed by atoms with van der Waals surface area (Å²) in [5.74, 6) is 0.651. The van der Waals surface area contributed by atoms with Crippen molar-refractivity contribution in [1.82, 2.24) is 15.0 Å². The fourth-order valence-corrected chi connectivity index (χ4v) is 3.36. The van der Waals surface area contributed by atoms with Gasteiger partial charge in [0, 0.05) is 22.7 Å². The monoisotopic (exact) mass is 441 g/mol. The van der Waals surface area contributed by atoms with Gasteiger partial charge in [-0.05, 0) is 36.8 Å². The lowest BCUT2D eigenvalue weighted by Gasteiger charge is -2.38. The minimum atomic E-state index is -0.489. The van der Waals surface area contributed by atoms with Crippen LogP contribution in [-0.2, 0) is 0 Å². The highest BCUT2D eigenvalue weighted by molar-refractivity contribution is 6.30. The number of carbonyl (C=O) groups is 1. The van der Waals surface area contributed by atoms with Gasteiger partial charge in [-0.1, -0.05) is 30.7 Å². The summed E-state index contributed by atoms with van der Waals surface area (Å²) in [5.41, 5.74) is 1.38. The van der Waals surface area contributed by atoms with Gasteiger partial charge < -0.3 is 15.0 Å². The Morgan fingerprint density at radius 3 is 2.87 bits per heavy atom. The van der Waals surface area contributed by atoms with Crippen molar-refractivity contribution < 1.29 is 13.9 Å². The molecule has 0 unspecified atom stereocenters. The second-order valence-electron chi connectivity index (χ2n) is 7.21. The van der Waals surface area contributed by atoms with E-state index in [1.165, 1.54) is 18.5 Å². The number of hydrogen-bond acceptors (Lipinski definition) is 7.